The van der Waals surface area contributed by atoms with Gasteiger partial charge in [-0.3, -0.25) is 9.10 Å². The molecule has 1 amide bonds. The van der Waals surface area contributed by atoms with Crippen LogP contribution in [0.1, 0.15) is 5.56 Å². The first-order chi connectivity index (χ1) is 15.3. The average Bonchev–Trinajstić information content (AvgIpc) is 2.80. The quantitative estimate of drug-likeness (QED) is 0.374. The number of ether oxygens (including phenoxy) is 1. The van der Waals surface area contributed by atoms with E-state index >= 15 is 0 Å². The second kappa shape index (κ2) is 10.5. The molecule has 10 heteroatoms. The van der Waals surface area contributed by atoms with E-state index < -0.39 is 22.5 Å². The number of rotatable bonds is 8. The number of carbonyl (C=O) groups is 1. The van der Waals surface area contributed by atoms with Crippen molar-refractivity contribution in [2.24, 2.45) is 5.10 Å². The Labute approximate surface area is 196 Å². The van der Waals surface area contributed by atoms with Crippen LogP contribution in [-0.4, -0.2) is 34.2 Å². The lowest BCUT2D eigenvalue weighted by atomic mass is 10.2. The Kier molecular flexibility index (Phi) is 7.74. The summed E-state index contributed by atoms with van der Waals surface area (Å²) < 4.78 is 32.6. The molecule has 0 fully saturated rings. The fourth-order valence-corrected chi connectivity index (χ4v) is 4.45. The first kappa shape index (κ1) is 23.6. The van der Waals surface area contributed by atoms with Crippen molar-refractivity contribution < 1.29 is 17.9 Å². The third-order valence-corrected chi connectivity index (χ3v) is 6.85. The van der Waals surface area contributed by atoms with Crippen molar-refractivity contribution in [3.05, 3.63) is 88.4 Å². The highest BCUT2D eigenvalue weighted by atomic mass is 35.5. The van der Waals surface area contributed by atoms with Gasteiger partial charge < -0.3 is 4.74 Å². The number of carbonyl (C=O) groups excluding carboxylic acids is 1. The van der Waals surface area contributed by atoms with Crippen molar-refractivity contribution in [3.8, 4) is 5.75 Å². The van der Waals surface area contributed by atoms with Gasteiger partial charge in [0.1, 0.15) is 12.3 Å². The summed E-state index contributed by atoms with van der Waals surface area (Å²) in [6.45, 7) is -0.475. The predicted molar refractivity (Wildman–Crippen MR) is 126 cm³/mol. The first-order valence-electron chi connectivity index (χ1n) is 9.30. The van der Waals surface area contributed by atoms with Gasteiger partial charge in [-0.25, -0.2) is 13.8 Å². The van der Waals surface area contributed by atoms with Gasteiger partial charge in [0, 0.05) is 0 Å². The number of anilines is 1. The maximum Gasteiger partial charge on any atom is 0.264 e. The van der Waals surface area contributed by atoms with Crippen LogP contribution in [0.25, 0.3) is 0 Å². The van der Waals surface area contributed by atoms with Gasteiger partial charge in [0.2, 0.25) is 0 Å². The van der Waals surface area contributed by atoms with Gasteiger partial charge in [-0.15, -0.1) is 0 Å². The van der Waals surface area contributed by atoms with Crippen molar-refractivity contribution in [1.82, 2.24) is 5.43 Å². The summed E-state index contributed by atoms with van der Waals surface area (Å²) >= 11 is 11.8. The molecule has 0 heterocycles. The summed E-state index contributed by atoms with van der Waals surface area (Å²) in [7, 11) is -2.54. The van der Waals surface area contributed by atoms with Crippen molar-refractivity contribution in [1.29, 1.82) is 0 Å². The van der Waals surface area contributed by atoms with Gasteiger partial charge in [-0.1, -0.05) is 47.5 Å². The molecule has 0 atom stereocenters. The molecule has 0 aliphatic carbocycles. The summed E-state index contributed by atoms with van der Waals surface area (Å²) in [6, 6.07) is 19.1. The topological polar surface area (TPSA) is 88.1 Å². The van der Waals surface area contributed by atoms with Crippen molar-refractivity contribution in [2.45, 2.75) is 4.90 Å². The number of benzene rings is 3. The Morgan fingerprint density at radius 3 is 2.34 bits per heavy atom. The second-order valence-electron chi connectivity index (χ2n) is 6.49. The predicted octanol–water partition coefficient (Wildman–Crippen LogP) is 4.35. The van der Waals surface area contributed by atoms with Gasteiger partial charge in [-0.05, 0) is 54.1 Å². The Hall–Kier alpha value is -3.07. The number of hydrogen-bond acceptors (Lipinski definition) is 5. The van der Waals surface area contributed by atoms with Crippen LogP contribution in [0.4, 0.5) is 5.69 Å². The van der Waals surface area contributed by atoms with Crippen LogP contribution in [0.3, 0.4) is 0 Å². The zero-order valence-electron chi connectivity index (χ0n) is 16.9. The van der Waals surface area contributed by atoms with Crippen LogP contribution in [-0.2, 0) is 14.8 Å². The average molecular weight is 492 g/mol. The van der Waals surface area contributed by atoms with E-state index in [0.29, 0.717) is 27.0 Å². The molecule has 7 nitrogen and oxygen atoms in total. The van der Waals surface area contributed by atoms with E-state index in [4.69, 9.17) is 27.9 Å². The van der Waals surface area contributed by atoms with Gasteiger partial charge in [0.15, 0.2) is 0 Å². The van der Waals surface area contributed by atoms with Crippen LogP contribution >= 0.6 is 23.2 Å². The van der Waals surface area contributed by atoms with E-state index in [1.165, 1.54) is 37.6 Å². The Morgan fingerprint density at radius 1 is 1.03 bits per heavy atom. The molecule has 0 spiro atoms. The minimum absolute atomic E-state index is 0.0225. The summed E-state index contributed by atoms with van der Waals surface area (Å²) in [4.78, 5) is 12.5. The number of hydrogen-bond donors (Lipinski definition) is 1. The van der Waals surface area contributed by atoms with Gasteiger partial charge >= 0.3 is 0 Å². The van der Waals surface area contributed by atoms with Crippen LogP contribution in [0.2, 0.25) is 10.0 Å². The summed E-state index contributed by atoms with van der Waals surface area (Å²) in [5, 5.41) is 4.62. The van der Waals surface area contributed by atoms with Crippen LogP contribution < -0.4 is 14.5 Å². The van der Waals surface area contributed by atoms with Crippen molar-refractivity contribution >= 4 is 51.0 Å². The number of para-hydroxylation sites is 1. The summed E-state index contributed by atoms with van der Waals surface area (Å²) in [5.41, 5.74) is 3.29. The molecule has 0 saturated carbocycles. The summed E-state index contributed by atoms with van der Waals surface area (Å²) in [5.74, 6) is -0.105. The molecular weight excluding hydrogens is 473 g/mol. The van der Waals surface area contributed by atoms with Crippen LogP contribution in [0.5, 0.6) is 5.75 Å². The van der Waals surface area contributed by atoms with Gasteiger partial charge in [0.05, 0.1) is 34.0 Å². The summed E-state index contributed by atoms with van der Waals surface area (Å²) in [6.07, 6.45) is 1.38. The highest BCUT2D eigenvalue weighted by molar-refractivity contribution is 7.92. The number of sulfonamides is 1. The standard InChI is InChI=1S/C22H19Cl2N3O4S/c1-31-18-8-10-19(11-9-18)32(29,30)27(17-5-3-2-4-6-17)15-22(28)26-25-14-16-7-12-20(23)21(24)13-16/h2-14H,15H2,1H3,(H,26,28)/b25-14-. The molecule has 166 valence electrons. The fourth-order valence-electron chi connectivity index (χ4n) is 2.72. The lowest BCUT2D eigenvalue weighted by Gasteiger charge is -2.23. The molecule has 0 unspecified atom stereocenters. The second-order valence-corrected chi connectivity index (χ2v) is 9.17. The SMILES string of the molecule is COc1ccc(S(=O)(=O)N(CC(=O)N/N=C\c2ccc(Cl)c(Cl)c2)c2ccccc2)cc1. The number of nitrogens with zero attached hydrogens (tertiary/aromatic N) is 2. The molecule has 3 aromatic rings. The molecule has 32 heavy (non-hydrogen) atoms. The number of hydrazone groups is 1. The molecule has 0 aliphatic heterocycles. The monoisotopic (exact) mass is 491 g/mol. The Bertz CT molecular complexity index is 1220. The molecule has 0 radical (unpaired) electrons. The minimum atomic E-state index is -4.03. The lowest BCUT2D eigenvalue weighted by molar-refractivity contribution is -0.119. The third kappa shape index (κ3) is 5.79. The number of nitrogens with one attached hydrogen (secondary N) is 1. The molecular formula is C22H19Cl2N3O4S. The minimum Gasteiger partial charge on any atom is -0.497 e. The Balaban J connectivity index is 1.80. The third-order valence-electron chi connectivity index (χ3n) is 4.33. The zero-order valence-corrected chi connectivity index (χ0v) is 19.2. The maximum absolute atomic E-state index is 13.3. The normalized spacial score (nSPS) is 11.3. The molecule has 0 aromatic heterocycles. The highest BCUT2D eigenvalue weighted by Crippen LogP contribution is 2.25. The molecule has 0 saturated heterocycles. The van der Waals surface area contributed by atoms with E-state index in [-0.39, 0.29) is 4.90 Å². The largest absolute Gasteiger partial charge is 0.497 e. The first-order valence-corrected chi connectivity index (χ1v) is 11.5. The van der Waals surface area contributed by atoms with Crippen molar-refractivity contribution in [2.75, 3.05) is 18.0 Å². The van der Waals surface area contributed by atoms with Crippen molar-refractivity contribution in [3.63, 3.8) is 0 Å². The van der Waals surface area contributed by atoms with E-state index in [9.17, 15) is 13.2 Å². The molecule has 3 aromatic carbocycles. The van der Waals surface area contributed by atoms with Crippen LogP contribution in [0.15, 0.2) is 82.8 Å². The molecule has 1 N–H and O–H groups in total. The van der Waals surface area contributed by atoms with Gasteiger partial charge in [-0.2, -0.15) is 5.10 Å². The number of methoxy groups -OCH3 is 1. The fraction of sp³-hybridized carbons (Fsp3) is 0.0909. The zero-order chi connectivity index (χ0) is 23.1. The van der Waals surface area contributed by atoms with E-state index in [1.807, 2.05) is 0 Å². The maximum atomic E-state index is 13.3. The lowest BCUT2D eigenvalue weighted by Crippen LogP contribution is -2.39. The number of halogens is 2. The highest BCUT2D eigenvalue weighted by Gasteiger charge is 2.27. The Morgan fingerprint density at radius 2 is 1.72 bits per heavy atom. The van der Waals surface area contributed by atoms with E-state index in [1.54, 1.807) is 48.5 Å². The number of amides is 1. The van der Waals surface area contributed by atoms with Crippen LogP contribution in [0, 0.1) is 0 Å². The van der Waals surface area contributed by atoms with Gasteiger partial charge in [0.25, 0.3) is 15.9 Å². The van der Waals surface area contributed by atoms with E-state index in [0.717, 1.165) is 4.31 Å². The molecule has 0 bridgehead atoms. The molecule has 0 aliphatic rings. The smallest absolute Gasteiger partial charge is 0.264 e. The van der Waals surface area contributed by atoms with E-state index in [2.05, 4.69) is 10.5 Å². The molecule has 3 rings (SSSR count).